The highest BCUT2D eigenvalue weighted by molar-refractivity contribution is 7.20. The Morgan fingerprint density at radius 2 is 2.12 bits per heavy atom. The first-order chi connectivity index (χ1) is 7.59. The number of aromatic nitrogens is 1. The summed E-state index contributed by atoms with van der Waals surface area (Å²) in [7, 11) is 5.42. The Morgan fingerprint density at radius 3 is 2.75 bits per heavy atom. The zero-order valence-electron chi connectivity index (χ0n) is 9.47. The molecule has 0 unspecified atom stereocenters. The quantitative estimate of drug-likeness (QED) is 0.745. The number of pyridine rings is 1. The monoisotopic (exact) mass is 235 g/mol. The molecule has 0 bridgehead atoms. The summed E-state index contributed by atoms with van der Waals surface area (Å²) in [6.07, 6.45) is 1.74. The van der Waals surface area contributed by atoms with Gasteiger partial charge in [-0.15, -0.1) is 11.3 Å². The van der Waals surface area contributed by atoms with Crippen LogP contribution in [0.3, 0.4) is 0 Å². The standard InChI is InChI=1S/C11H13N3OS/c1-13(2)14(3)11(15)10-7-8-9(16-10)5-4-6-12-8/h4-7H,1-3H3. The molecule has 2 rings (SSSR count). The topological polar surface area (TPSA) is 36.4 Å². The fourth-order valence-corrected chi connectivity index (χ4v) is 2.31. The molecule has 84 valence electrons. The van der Waals surface area contributed by atoms with Crippen molar-refractivity contribution >= 4 is 27.5 Å². The van der Waals surface area contributed by atoms with Gasteiger partial charge in [-0.1, -0.05) is 0 Å². The number of hydrogen-bond acceptors (Lipinski definition) is 4. The van der Waals surface area contributed by atoms with Gasteiger partial charge in [0.05, 0.1) is 15.1 Å². The molecule has 16 heavy (non-hydrogen) atoms. The van der Waals surface area contributed by atoms with E-state index in [0.717, 1.165) is 10.2 Å². The molecule has 0 atom stereocenters. The van der Waals surface area contributed by atoms with Crippen LogP contribution in [0, 0.1) is 0 Å². The van der Waals surface area contributed by atoms with Gasteiger partial charge in [-0.05, 0) is 18.2 Å². The van der Waals surface area contributed by atoms with Crippen LogP contribution in [0.2, 0.25) is 0 Å². The minimum Gasteiger partial charge on any atom is -0.274 e. The van der Waals surface area contributed by atoms with E-state index in [-0.39, 0.29) is 5.91 Å². The first-order valence-electron chi connectivity index (χ1n) is 4.89. The third-order valence-electron chi connectivity index (χ3n) is 2.39. The van der Waals surface area contributed by atoms with E-state index in [1.165, 1.54) is 11.3 Å². The summed E-state index contributed by atoms with van der Waals surface area (Å²) in [5, 5.41) is 3.32. The molecule has 0 saturated heterocycles. The third kappa shape index (κ3) is 1.91. The van der Waals surface area contributed by atoms with Crippen molar-refractivity contribution in [2.45, 2.75) is 0 Å². The second kappa shape index (κ2) is 4.19. The Balaban J connectivity index is 2.37. The van der Waals surface area contributed by atoms with Crippen molar-refractivity contribution in [2.24, 2.45) is 0 Å². The van der Waals surface area contributed by atoms with Gasteiger partial charge >= 0.3 is 0 Å². The average Bonchev–Trinajstić information content (AvgIpc) is 2.70. The van der Waals surface area contributed by atoms with Crippen LogP contribution < -0.4 is 0 Å². The van der Waals surface area contributed by atoms with Crippen LogP contribution in [0.4, 0.5) is 0 Å². The smallest absolute Gasteiger partial charge is 0.274 e. The van der Waals surface area contributed by atoms with Gasteiger partial charge in [0.1, 0.15) is 0 Å². The summed E-state index contributed by atoms with van der Waals surface area (Å²) in [5.74, 6) is -0.00648. The molecule has 0 saturated carbocycles. The largest absolute Gasteiger partial charge is 0.278 e. The predicted molar refractivity (Wildman–Crippen MR) is 65.4 cm³/mol. The Kier molecular flexibility index (Phi) is 2.89. The second-order valence-corrected chi connectivity index (χ2v) is 4.76. The van der Waals surface area contributed by atoms with Gasteiger partial charge in [-0.2, -0.15) is 0 Å². The van der Waals surface area contributed by atoms with Crippen LogP contribution in [0.25, 0.3) is 10.2 Å². The molecule has 0 aliphatic heterocycles. The Morgan fingerprint density at radius 1 is 1.38 bits per heavy atom. The molecule has 0 radical (unpaired) electrons. The molecule has 0 fully saturated rings. The lowest BCUT2D eigenvalue weighted by Crippen LogP contribution is -2.38. The molecule has 4 nitrogen and oxygen atoms in total. The zero-order valence-corrected chi connectivity index (χ0v) is 10.3. The Labute approximate surface area is 98.1 Å². The maximum absolute atomic E-state index is 12.0. The molecule has 2 aromatic heterocycles. The van der Waals surface area contributed by atoms with Gasteiger partial charge in [0.25, 0.3) is 5.91 Å². The average molecular weight is 235 g/mol. The molecule has 0 spiro atoms. The van der Waals surface area contributed by atoms with Gasteiger partial charge in [-0.3, -0.25) is 14.8 Å². The van der Waals surface area contributed by atoms with Crippen LogP contribution >= 0.6 is 11.3 Å². The van der Waals surface area contributed by atoms with Crippen molar-refractivity contribution in [3.8, 4) is 0 Å². The number of fused-ring (bicyclic) bond motifs is 1. The van der Waals surface area contributed by atoms with Gasteiger partial charge in [0.2, 0.25) is 0 Å². The normalized spacial score (nSPS) is 11.0. The first-order valence-corrected chi connectivity index (χ1v) is 5.71. The fraction of sp³-hybridized carbons (Fsp3) is 0.273. The lowest BCUT2D eigenvalue weighted by Gasteiger charge is -2.23. The number of hydrogen-bond donors (Lipinski definition) is 0. The maximum Gasteiger partial charge on any atom is 0.278 e. The van der Waals surface area contributed by atoms with Crippen molar-refractivity contribution < 1.29 is 4.79 Å². The molecule has 0 aromatic carbocycles. The van der Waals surface area contributed by atoms with E-state index in [0.29, 0.717) is 4.88 Å². The van der Waals surface area contributed by atoms with Crippen LogP contribution in [-0.2, 0) is 0 Å². The molecular formula is C11H13N3OS. The Hall–Kier alpha value is -1.46. The number of carbonyl (C=O) groups is 1. The summed E-state index contributed by atoms with van der Waals surface area (Å²) in [6.45, 7) is 0. The second-order valence-electron chi connectivity index (χ2n) is 3.67. The third-order valence-corrected chi connectivity index (χ3v) is 3.47. The van der Waals surface area contributed by atoms with Gasteiger partial charge < -0.3 is 0 Å². The highest BCUT2D eigenvalue weighted by atomic mass is 32.1. The molecule has 0 N–H and O–H groups in total. The lowest BCUT2D eigenvalue weighted by molar-refractivity contribution is 0.0347. The molecule has 0 aliphatic carbocycles. The van der Waals surface area contributed by atoms with Crippen LogP contribution in [0.5, 0.6) is 0 Å². The maximum atomic E-state index is 12.0. The van der Waals surface area contributed by atoms with Crippen molar-refractivity contribution in [3.63, 3.8) is 0 Å². The minimum absolute atomic E-state index is 0.00648. The molecule has 5 heteroatoms. The van der Waals surface area contributed by atoms with Gasteiger partial charge in [-0.25, -0.2) is 5.01 Å². The van der Waals surface area contributed by atoms with E-state index in [9.17, 15) is 4.79 Å². The molecule has 2 aromatic rings. The van der Waals surface area contributed by atoms with E-state index in [1.807, 2.05) is 32.3 Å². The number of rotatable bonds is 2. The van der Waals surface area contributed by atoms with E-state index >= 15 is 0 Å². The van der Waals surface area contributed by atoms with E-state index in [4.69, 9.17) is 0 Å². The van der Waals surface area contributed by atoms with Crippen LogP contribution in [-0.4, -0.2) is 42.1 Å². The van der Waals surface area contributed by atoms with Crippen molar-refractivity contribution in [2.75, 3.05) is 21.1 Å². The molecule has 0 aliphatic rings. The molecular weight excluding hydrogens is 222 g/mol. The van der Waals surface area contributed by atoms with E-state index < -0.39 is 0 Å². The predicted octanol–water partition coefficient (Wildman–Crippen LogP) is 1.84. The summed E-state index contributed by atoms with van der Waals surface area (Å²) < 4.78 is 1.04. The number of amides is 1. The highest BCUT2D eigenvalue weighted by Crippen LogP contribution is 2.24. The summed E-state index contributed by atoms with van der Waals surface area (Å²) in [5.41, 5.74) is 0.878. The zero-order chi connectivity index (χ0) is 11.7. The summed E-state index contributed by atoms with van der Waals surface area (Å²) >= 11 is 1.47. The minimum atomic E-state index is -0.00648. The SMILES string of the molecule is CN(C)N(C)C(=O)c1cc2ncccc2s1. The van der Waals surface area contributed by atoms with Crippen molar-refractivity contribution in [1.29, 1.82) is 0 Å². The highest BCUT2D eigenvalue weighted by Gasteiger charge is 2.16. The van der Waals surface area contributed by atoms with E-state index in [1.54, 1.807) is 23.3 Å². The van der Waals surface area contributed by atoms with Gasteiger partial charge in [0.15, 0.2) is 0 Å². The lowest BCUT2D eigenvalue weighted by atomic mass is 10.3. The number of hydrazine groups is 1. The van der Waals surface area contributed by atoms with Crippen LogP contribution in [0.1, 0.15) is 9.67 Å². The van der Waals surface area contributed by atoms with Crippen molar-refractivity contribution in [1.82, 2.24) is 15.0 Å². The summed E-state index contributed by atoms with van der Waals surface area (Å²) in [4.78, 5) is 17.0. The Bertz CT molecular complexity index is 488. The van der Waals surface area contributed by atoms with Crippen LogP contribution in [0.15, 0.2) is 24.4 Å². The van der Waals surface area contributed by atoms with E-state index in [2.05, 4.69) is 4.98 Å². The summed E-state index contributed by atoms with van der Waals surface area (Å²) in [6, 6.07) is 5.69. The van der Waals surface area contributed by atoms with Crippen molar-refractivity contribution in [3.05, 3.63) is 29.3 Å². The molecule has 1 amide bonds. The number of nitrogens with zero attached hydrogens (tertiary/aromatic N) is 3. The number of carbonyl (C=O) groups excluding carboxylic acids is 1. The molecule has 2 heterocycles. The first kappa shape index (κ1) is 11.0. The number of thiophene rings is 1. The fourth-order valence-electron chi connectivity index (χ4n) is 1.32. The van der Waals surface area contributed by atoms with Gasteiger partial charge in [0, 0.05) is 27.3 Å².